The minimum Gasteiger partial charge on any atom is -0.325 e. The van der Waals surface area contributed by atoms with Crippen LogP contribution in [0.1, 0.15) is 23.2 Å². The number of carbonyl (C=O) groups excluding carboxylic acids is 1. The van der Waals surface area contributed by atoms with Gasteiger partial charge < -0.3 is 15.3 Å². The number of rotatable bonds is 4. The second kappa shape index (κ2) is 7.06. The van der Waals surface area contributed by atoms with Crippen LogP contribution in [0.5, 0.6) is 0 Å². The molecule has 3 N–H and O–H groups in total. The molecule has 0 aliphatic carbocycles. The fraction of sp³-hybridized carbons (Fsp3) is 0.263. The van der Waals surface area contributed by atoms with E-state index in [9.17, 15) is 9.59 Å². The summed E-state index contributed by atoms with van der Waals surface area (Å²) >= 11 is 3.08. The van der Waals surface area contributed by atoms with E-state index in [0.717, 1.165) is 20.8 Å². The number of hydrogen-bond acceptors (Lipinski definition) is 6. The van der Waals surface area contributed by atoms with Crippen LogP contribution in [0.3, 0.4) is 0 Å². The van der Waals surface area contributed by atoms with Crippen LogP contribution in [-0.2, 0) is 4.79 Å². The average molecular weight is 414 g/mol. The number of thioether (sulfide) groups is 1. The highest BCUT2D eigenvalue weighted by Gasteiger charge is 2.20. The van der Waals surface area contributed by atoms with Crippen molar-refractivity contribution in [3.63, 3.8) is 0 Å². The number of carbonyl (C=O) groups is 1. The lowest BCUT2D eigenvalue weighted by Crippen LogP contribution is -2.22. The topological polar surface area (TPSA) is 104 Å². The van der Waals surface area contributed by atoms with Gasteiger partial charge in [-0.25, -0.2) is 14.8 Å². The number of hydrogen-bond donors (Lipinski definition) is 3. The van der Waals surface area contributed by atoms with Gasteiger partial charge in [0.15, 0.2) is 0 Å². The molecule has 0 bridgehead atoms. The Kier molecular flexibility index (Phi) is 4.72. The van der Waals surface area contributed by atoms with Gasteiger partial charge in [-0.15, -0.1) is 11.3 Å². The number of fused-ring (bicyclic) bond motifs is 2. The molecule has 0 fully saturated rings. The molecule has 144 valence electrons. The molecule has 0 radical (unpaired) electrons. The number of nitrogens with one attached hydrogen (secondary N) is 3. The van der Waals surface area contributed by atoms with Gasteiger partial charge in [0, 0.05) is 16.0 Å². The Morgan fingerprint density at radius 3 is 2.71 bits per heavy atom. The van der Waals surface area contributed by atoms with E-state index in [2.05, 4.69) is 39.1 Å². The van der Waals surface area contributed by atoms with Gasteiger partial charge in [0.05, 0.1) is 16.3 Å². The molecule has 1 aromatic carbocycles. The molecule has 4 aromatic rings. The molecule has 3 aromatic heterocycles. The summed E-state index contributed by atoms with van der Waals surface area (Å²) in [6.45, 7) is 7.86. The molecule has 0 unspecified atom stereocenters. The first-order valence-corrected chi connectivity index (χ1v) is 10.5. The fourth-order valence-electron chi connectivity index (χ4n) is 2.97. The summed E-state index contributed by atoms with van der Waals surface area (Å²) < 4.78 is 0. The molecular weight excluding hydrogens is 394 g/mol. The second-order valence-electron chi connectivity index (χ2n) is 6.63. The number of aromatic amines is 2. The number of anilines is 1. The third kappa shape index (κ3) is 3.43. The molecule has 1 amide bonds. The number of aryl methyl sites for hydroxylation is 3. The number of imidazole rings is 1. The maximum atomic E-state index is 12.7. The first-order chi connectivity index (χ1) is 13.3. The summed E-state index contributed by atoms with van der Waals surface area (Å²) in [6.07, 6.45) is 0. The molecule has 4 rings (SSSR count). The number of aromatic nitrogens is 4. The molecule has 0 spiro atoms. The van der Waals surface area contributed by atoms with Crippen molar-refractivity contribution < 1.29 is 4.79 Å². The summed E-state index contributed by atoms with van der Waals surface area (Å²) in [4.78, 5) is 40.8. The Hall–Kier alpha value is -2.65. The minimum atomic E-state index is -0.349. The highest BCUT2D eigenvalue weighted by molar-refractivity contribution is 8.00. The zero-order chi connectivity index (χ0) is 20.0. The summed E-state index contributed by atoms with van der Waals surface area (Å²) in [7, 11) is 0. The summed E-state index contributed by atoms with van der Waals surface area (Å²) in [5, 5.41) is 4.42. The van der Waals surface area contributed by atoms with E-state index in [4.69, 9.17) is 0 Å². The number of H-pyrrole nitrogens is 2. The van der Waals surface area contributed by atoms with Crippen molar-refractivity contribution in [3.8, 4) is 0 Å². The zero-order valence-corrected chi connectivity index (χ0v) is 17.5. The van der Waals surface area contributed by atoms with E-state index < -0.39 is 0 Å². The maximum absolute atomic E-state index is 12.7. The van der Waals surface area contributed by atoms with Crippen LogP contribution in [0.4, 0.5) is 5.69 Å². The molecular formula is C19H19N5O2S2. The van der Waals surface area contributed by atoms with Gasteiger partial charge in [-0.05, 0) is 51.5 Å². The van der Waals surface area contributed by atoms with Gasteiger partial charge in [0.25, 0.3) is 0 Å². The van der Waals surface area contributed by atoms with Gasteiger partial charge in [-0.2, -0.15) is 0 Å². The van der Waals surface area contributed by atoms with Crippen molar-refractivity contribution in [3.05, 3.63) is 44.9 Å². The zero-order valence-electron chi connectivity index (χ0n) is 15.8. The normalized spacial score (nSPS) is 12.6. The maximum Gasteiger partial charge on any atom is 0.323 e. The molecule has 0 aliphatic rings. The summed E-state index contributed by atoms with van der Waals surface area (Å²) in [5.74, 6) is 0.571. The van der Waals surface area contributed by atoms with E-state index in [-0.39, 0.29) is 16.8 Å². The van der Waals surface area contributed by atoms with Gasteiger partial charge in [-0.1, -0.05) is 11.8 Å². The molecule has 1 atom stereocenters. The lowest BCUT2D eigenvalue weighted by atomic mass is 10.2. The third-order valence-electron chi connectivity index (χ3n) is 4.55. The van der Waals surface area contributed by atoms with E-state index in [1.165, 1.54) is 16.6 Å². The van der Waals surface area contributed by atoms with Crippen molar-refractivity contribution in [2.75, 3.05) is 5.32 Å². The Labute approximate surface area is 169 Å². The lowest BCUT2D eigenvalue weighted by Gasteiger charge is -2.13. The van der Waals surface area contributed by atoms with Crippen LogP contribution in [-0.4, -0.2) is 31.1 Å². The highest BCUT2D eigenvalue weighted by atomic mass is 32.2. The van der Waals surface area contributed by atoms with Crippen LogP contribution in [0.15, 0.2) is 28.0 Å². The smallest absolute Gasteiger partial charge is 0.323 e. The molecule has 0 saturated heterocycles. The standard InChI is InChI=1S/C19H19N5O2S2/c1-8-9(2)27-17-15(8)18(21-11(4)20-17)28-10(3)16(25)22-12-5-6-13-14(7-12)24-19(26)23-13/h5-7,10H,1-4H3,(H,22,25)(H2,23,24,26)/t10-/m1/s1. The Balaban J connectivity index is 1.57. The van der Waals surface area contributed by atoms with Crippen LogP contribution < -0.4 is 11.0 Å². The van der Waals surface area contributed by atoms with E-state index >= 15 is 0 Å². The predicted octanol–water partition coefficient (Wildman–Crippen LogP) is 3.91. The van der Waals surface area contributed by atoms with Crippen molar-refractivity contribution in [1.82, 2.24) is 19.9 Å². The summed E-state index contributed by atoms with van der Waals surface area (Å²) in [6, 6.07) is 5.26. The molecule has 0 saturated carbocycles. The van der Waals surface area contributed by atoms with Crippen molar-refractivity contribution in [1.29, 1.82) is 0 Å². The Morgan fingerprint density at radius 1 is 1.18 bits per heavy atom. The number of thiophene rings is 1. The van der Waals surface area contributed by atoms with E-state index in [1.807, 2.05) is 13.8 Å². The predicted molar refractivity (Wildman–Crippen MR) is 114 cm³/mol. The largest absolute Gasteiger partial charge is 0.325 e. The van der Waals surface area contributed by atoms with Gasteiger partial charge >= 0.3 is 5.69 Å². The highest BCUT2D eigenvalue weighted by Crippen LogP contribution is 2.36. The SMILES string of the molecule is Cc1nc(S[C@H](C)C(=O)Nc2ccc3[nH]c(=O)[nH]c3c2)c2c(C)c(C)sc2n1. The Bertz CT molecular complexity index is 1270. The van der Waals surface area contributed by atoms with Crippen molar-refractivity contribution >= 4 is 55.9 Å². The van der Waals surface area contributed by atoms with Crippen molar-refractivity contribution in [2.45, 2.75) is 38.0 Å². The molecule has 28 heavy (non-hydrogen) atoms. The quantitative estimate of drug-likeness (QED) is 0.348. The number of benzene rings is 1. The number of nitrogens with zero attached hydrogens (tertiary/aromatic N) is 2. The van der Waals surface area contributed by atoms with Gasteiger partial charge in [0.2, 0.25) is 5.91 Å². The third-order valence-corrected chi connectivity index (χ3v) is 6.74. The van der Waals surface area contributed by atoms with E-state index in [0.29, 0.717) is 22.5 Å². The average Bonchev–Trinajstić information content (AvgIpc) is 3.13. The molecule has 3 heterocycles. The minimum absolute atomic E-state index is 0.128. The van der Waals surface area contributed by atoms with Gasteiger partial charge in [-0.3, -0.25) is 4.79 Å². The summed E-state index contributed by atoms with van der Waals surface area (Å²) in [5.41, 5.74) is 2.88. The van der Waals surface area contributed by atoms with Crippen LogP contribution >= 0.6 is 23.1 Å². The van der Waals surface area contributed by atoms with E-state index in [1.54, 1.807) is 29.5 Å². The molecule has 7 nitrogen and oxygen atoms in total. The fourth-order valence-corrected chi connectivity index (χ4v) is 5.17. The van der Waals surface area contributed by atoms with Crippen LogP contribution in [0.25, 0.3) is 21.3 Å². The van der Waals surface area contributed by atoms with Crippen LogP contribution in [0.2, 0.25) is 0 Å². The van der Waals surface area contributed by atoms with Crippen molar-refractivity contribution in [2.24, 2.45) is 0 Å². The Morgan fingerprint density at radius 2 is 1.93 bits per heavy atom. The molecule has 9 heteroatoms. The number of amides is 1. The van der Waals surface area contributed by atoms with Crippen LogP contribution in [0, 0.1) is 20.8 Å². The van der Waals surface area contributed by atoms with Gasteiger partial charge in [0.1, 0.15) is 15.7 Å². The second-order valence-corrected chi connectivity index (χ2v) is 9.16. The lowest BCUT2D eigenvalue weighted by molar-refractivity contribution is -0.115. The molecule has 0 aliphatic heterocycles. The first kappa shape index (κ1) is 18.7. The monoisotopic (exact) mass is 413 g/mol. The first-order valence-electron chi connectivity index (χ1n) is 8.75.